The van der Waals surface area contributed by atoms with Crippen molar-refractivity contribution in [3.05, 3.63) is 49.8 Å². The minimum Gasteiger partial charge on any atom is -0.339 e. The van der Waals surface area contributed by atoms with E-state index >= 15 is 0 Å². The van der Waals surface area contributed by atoms with Crippen LogP contribution in [0.5, 0.6) is 0 Å². The second kappa shape index (κ2) is 6.46. The fraction of sp³-hybridized carbons (Fsp3) is 0.333. The molecule has 1 aromatic carbocycles. The van der Waals surface area contributed by atoms with Crippen molar-refractivity contribution in [3.63, 3.8) is 0 Å². The van der Waals surface area contributed by atoms with Gasteiger partial charge < -0.3 is 4.90 Å². The summed E-state index contributed by atoms with van der Waals surface area (Å²) in [4.78, 5) is 18.8. The molecule has 1 fully saturated rings. The Morgan fingerprint density at radius 2 is 2.14 bits per heavy atom. The van der Waals surface area contributed by atoms with E-state index in [9.17, 15) is 4.79 Å². The Morgan fingerprint density at radius 1 is 1.38 bits per heavy atom. The van der Waals surface area contributed by atoms with Gasteiger partial charge in [0, 0.05) is 35.1 Å². The van der Waals surface area contributed by atoms with Gasteiger partial charge in [-0.05, 0) is 31.0 Å². The molecule has 2 heterocycles. The number of likely N-dealkylation sites (tertiary alicyclic amines) is 1. The fourth-order valence-electron chi connectivity index (χ4n) is 2.60. The van der Waals surface area contributed by atoms with Crippen LogP contribution in [0.25, 0.3) is 0 Å². The van der Waals surface area contributed by atoms with Crippen molar-refractivity contribution >= 4 is 44.8 Å². The van der Waals surface area contributed by atoms with Crippen LogP contribution in [0, 0.1) is 0 Å². The van der Waals surface area contributed by atoms with Crippen LogP contribution < -0.4 is 0 Å². The van der Waals surface area contributed by atoms with Crippen molar-refractivity contribution in [2.75, 3.05) is 13.1 Å². The number of carbonyl (C=O) groups excluding carboxylic acids is 1. The lowest BCUT2D eigenvalue weighted by Gasteiger charge is -2.31. The van der Waals surface area contributed by atoms with Gasteiger partial charge in [-0.1, -0.05) is 27.5 Å². The van der Waals surface area contributed by atoms with Crippen LogP contribution in [0.15, 0.2) is 34.2 Å². The molecule has 0 saturated carbocycles. The van der Waals surface area contributed by atoms with E-state index in [-0.39, 0.29) is 5.91 Å². The molecule has 6 heteroatoms. The molecule has 1 aliphatic rings. The summed E-state index contributed by atoms with van der Waals surface area (Å²) in [5.74, 6) is 0.492. The van der Waals surface area contributed by atoms with Gasteiger partial charge in [0.25, 0.3) is 5.91 Å². The molecule has 0 aliphatic carbocycles. The lowest BCUT2D eigenvalue weighted by Crippen LogP contribution is -2.38. The molecular formula is C15H14BrClN2OS. The number of hydrogen-bond donors (Lipinski definition) is 0. The summed E-state index contributed by atoms with van der Waals surface area (Å²) in [6, 6.07) is 5.38. The normalized spacial score (nSPS) is 16.2. The van der Waals surface area contributed by atoms with Crippen LogP contribution in [0.3, 0.4) is 0 Å². The summed E-state index contributed by atoms with van der Waals surface area (Å²) < 4.78 is 0.868. The van der Waals surface area contributed by atoms with Crippen molar-refractivity contribution < 1.29 is 4.79 Å². The highest BCUT2D eigenvalue weighted by molar-refractivity contribution is 9.10. The zero-order chi connectivity index (χ0) is 14.8. The third-order valence-corrected chi connectivity index (χ3v) is 5.50. The number of thiazole rings is 1. The van der Waals surface area contributed by atoms with Crippen LogP contribution in [0.2, 0.25) is 5.02 Å². The quantitative estimate of drug-likeness (QED) is 0.758. The number of rotatable bonds is 2. The van der Waals surface area contributed by atoms with Gasteiger partial charge >= 0.3 is 0 Å². The number of benzene rings is 1. The Labute approximate surface area is 141 Å². The van der Waals surface area contributed by atoms with Crippen molar-refractivity contribution in [2.45, 2.75) is 18.8 Å². The molecule has 0 N–H and O–H groups in total. The Balaban J connectivity index is 1.69. The first-order valence-electron chi connectivity index (χ1n) is 6.79. The van der Waals surface area contributed by atoms with Gasteiger partial charge in [0.2, 0.25) is 0 Å². The average molecular weight is 386 g/mol. The van der Waals surface area contributed by atoms with Gasteiger partial charge in [-0.3, -0.25) is 4.79 Å². The maximum atomic E-state index is 12.6. The van der Waals surface area contributed by atoms with E-state index in [1.54, 1.807) is 23.5 Å². The van der Waals surface area contributed by atoms with E-state index in [4.69, 9.17) is 11.6 Å². The predicted octanol–water partition coefficient (Wildman–Crippen LogP) is 4.58. The van der Waals surface area contributed by atoms with E-state index in [0.29, 0.717) is 16.5 Å². The number of halogens is 2. The number of nitrogens with zero attached hydrogens (tertiary/aromatic N) is 2. The molecule has 3 rings (SSSR count). The minimum atomic E-state index is 0.0129. The summed E-state index contributed by atoms with van der Waals surface area (Å²) in [6.45, 7) is 1.51. The van der Waals surface area contributed by atoms with Crippen molar-refractivity contribution in [1.29, 1.82) is 0 Å². The van der Waals surface area contributed by atoms with Gasteiger partial charge in [0.1, 0.15) is 0 Å². The van der Waals surface area contributed by atoms with Crippen molar-refractivity contribution in [1.82, 2.24) is 9.88 Å². The highest BCUT2D eigenvalue weighted by atomic mass is 79.9. The molecule has 0 spiro atoms. The minimum absolute atomic E-state index is 0.0129. The first-order chi connectivity index (χ1) is 10.1. The van der Waals surface area contributed by atoms with E-state index in [2.05, 4.69) is 20.9 Å². The molecule has 1 aliphatic heterocycles. The van der Waals surface area contributed by atoms with E-state index < -0.39 is 0 Å². The monoisotopic (exact) mass is 384 g/mol. The Morgan fingerprint density at radius 3 is 2.81 bits per heavy atom. The van der Waals surface area contributed by atoms with Crippen LogP contribution in [0.1, 0.15) is 34.1 Å². The standard InChI is InChI=1S/C15H14BrClN2OS/c16-11-1-2-13(17)12(9-11)15(20)19-6-3-10(4-7-19)14-18-5-8-21-14/h1-2,5,8-10H,3-4,6-7H2. The van der Waals surface area contributed by atoms with Crippen LogP contribution >= 0.6 is 38.9 Å². The second-order valence-corrected chi connectivity index (χ2v) is 7.31. The summed E-state index contributed by atoms with van der Waals surface area (Å²) in [7, 11) is 0. The molecule has 1 saturated heterocycles. The van der Waals surface area contributed by atoms with Crippen LogP contribution in [-0.2, 0) is 0 Å². The largest absolute Gasteiger partial charge is 0.339 e. The molecule has 0 bridgehead atoms. The van der Waals surface area contributed by atoms with Crippen LogP contribution in [0.4, 0.5) is 0 Å². The molecule has 3 nitrogen and oxygen atoms in total. The number of hydrogen-bond acceptors (Lipinski definition) is 3. The van der Waals surface area contributed by atoms with Gasteiger partial charge in [-0.15, -0.1) is 11.3 Å². The first-order valence-corrected chi connectivity index (χ1v) is 8.84. The summed E-state index contributed by atoms with van der Waals surface area (Å²) in [5, 5.41) is 3.70. The lowest BCUT2D eigenvalue weighted by atomic mass is 9.97. The maximum Gasteiger partial charge on any atom is 0.255 e. The molecule has 0 radical (unpaired) electrons. The molecule has 21 heavy (non-hydrogen) atoms. The zero-order valence-electron chi connectivity index (χ0n) is 11.3. The summed E-state index contributed by atoms with van der Waals surface area (Å²) >= 11 is 11.2. The number of aromatic nitrogens is 1. The Hall–Kier alpha value is -0.910. The molecule has 0 unspecified atom stereocenters. The predicted molar refractivity (Wildman–Crippen MR) is 89.1 cm³/mol. The smallest absolute Gasteiger partial charge is 0.255 e. The highest BCUT2D eigenvalue weighted by Crippen LogP contribution is 2.31. The third-order valence-electron chi connectivity index (χ3n) is 3.74. The lowest BCUT2D eigenvalue weighted by molar-refractivity contribution is 0.0713. The molecule has 0 atom stereocenters. The Kier molecular flexibility index (Phi) is 4.62. The second-order valence-electron chi connectivity index (χ2n) is 5.06. The SMILES string of the molecule is O=C(c1cc(Br)ccc1Cl)N1CCC(c2nccs2)CC1. The highest BCUT2D eigenvalue weighted by Gasteiger charge is 2.26. The molecule has 1 aromatic heterocycles. The van der Waals surface area contributed by atoms with E-state index in [1.165, 1.54) is 5.01 Å². The van der Waals surface area contributed by atoms with Gasteiger partial charge in [-0.25, -0.2) is 4.98 Å². The summed E-state index contributed by atoms with van der Waals surface area (Å²) in [5.41, 5.74) is 0.568. The Bertz CT molecular complexity index is 639. The van der Waals surface area contributed by atoms with Crippen LogP contribution in [-0.4, -0.2) is 28.9 Å². The molecule has 1 amide bonds. The van der Waals surface area contributed by atoms with Gasteiger partial charge in [0.05, 0.1) is 15.6 Å². The molecular weight excluding hydrogens is 372 g/mol. The third kappa shape index (κ3) is 3.30. The molecule has 2 aromatic rings. The topological polar surface area (TPSA) is 33.2 Å². The van der Waals surface area contributed by atoms with E-state index in [1.807, 2.05) is 22.5 Å². The average Bonchev–Trinajstić information content (AvgIpc) is 3.03. The van der Waals surface area contributed by atoms with Gasteiger partial charge in [0.15, 0.2) is 0 Å². The number of amides is 1. The zero-order valence-corrected chi connectivity index (χ0v) is 14.4. The summed E-state index contributed by atoms with van der Waals surface area (Å²) in [6.07, 6.45) is 3.77. The van der Waals surface area contributed by atoms with Gasteiger partial charge in [-0.2, -0.15) is 0 Å². The van der Waals surface area contributed by atoms with Crippen molar-refractivity contribution in [3.8, 4) is 0 Å². The number of carbonyl (C=O) groups is 1. The van der Waals surface area contributed by atoms with E-state index in [0.717, 1.165) is 30.4 Å². The maximum absolute atomic E-state index is 12.6. The first kappa shape index (κ1) is 15.0. The fourth-order valence-corrected chi connectivity index (χ4v) is 3.97. The van der Waals surface area contributed by atoms with Crippen molar-refractivity contribution in [2.24, 2.45) is 0 Å². The molecule has 110 valence electrons. The number of piperidine rings is 1.